The Labute approximate surface area is 87.2 Å². The fourth-order valence-electron chi connectivity index (χ4n) is 1.22. The molecule has 0 aliphatic carbocycles. The number of hydrogen-bond acceptors (Lipinski definition) is 3. The summed E-state index contributed by atoms with van der Waals surface area (Å²) in [4.78, 5) is 1.22. The molecule has 0 radical (unpaired) electrons. The molecule has 0 spiro atoms. The number of aromatic nitrogens is 2. The van der Waals surface area contributed by atoms with Crippen molar-refractivity contribution in [2.45, 2.75) is 13.3 Å². The SMILES string of the molecule is CCCNc1cc(-c2cccs2)[nH]n1. The highest BCUT2D eigenvalue weighted by Gasteiger charge is 2.02. The molecule has 0 amide bonds. The van der Waals surface area contributed by atoms with Gasteiger partial charge in [-0.1, -0.05) is 13.0 Å². The summed E-state index contributed by atoms with van der Waals surface area (Å²) < 4.78 is 0. The van der Waals surface area contributed by atoms with Crippen LogP contribution in [0.3, 0.4) is 0 Å². The molecule has 0 aliphatic rings. The van der Waals surface area contributed by atoms with Crippen LogP contribution in [-0.4, -0.2) is 16.7 Å². The summed E-state index contributed by atoms with van der Waals surface area (Å²) in [6, 6.07) is 6.17. The van der Waals surface area contributed by atoms with Crippen molar-refractivity contribution in [2.75, 3.05) is 11.9 Å². The van der Waals surface area contributed by atoms with Crippen LogP contribution in [0.25, 0.3) is 10.6 Å². The molecule has 2 aromatic heterocycles. The van der Waals surface area contributed by atoms with E-state index in [4.69, 9.17) is 0 Å². The van der Waals surface area contributed by atoms with Gasteiger partial charge in [0.1, 0.15) is 5.82 Å². The molecule has 2 aromatic rings. The molecule has 0 atom stereocenters. The van der Waals surface area contributed by atoms with Crippen LogP contribution in [0.5, 0.6) is 0 Å². The second-order valence-corrected chi connectivity index (χ2v) is 4.02. The van der Waals surface area contributed by atoms with Crippen molar-refractivity contribution in [2.24, 2.45) is 0 Å². The molecule has 0 saturated heterocycles. The van der Waals surface area contributed by atoms with Crippen molar-refractivity contribution < 1.29 is 0 Å². The quantitative estimate of drug-likeness (QED) is 0.809. The first-order chi connectivity index (χ1) is 6.90. The molecule has 0 bridgehead atoms. The summed E-state index contributed by atoms with van der Waals surface area (Å²) in [5, 5.41) is 12.5. The highest BCUT2D eigenvalue weighted by Crippen LogP contribution is 2.24. The number of anilines is 1. The highest BCUT2D eigenvalue weighted by molar-refractivity contribution is 7.13. The van der Waals surface area contributed by atoms with Crippen LogP contribution in [0.1, 0.15) is 13.3 Å². The summed E-state index contributed by atoms with van der Waals surface area (Å²) in [6.45, 7) is 3.11. The Kier molecular flexibility index (Phi) is 2.84. The van der Waals surface area contributed by atoms with Gasteiger partial charge in [-0.3, -0.25) is 5.10 Å². The summed E-state index contributed by atoms with van der Waals surface area (Å²) >= 11 is 1.71. The zero-order chi connectivity index (χ0) is 9.80. The van der Waals surface area contributed by atoms with E-state index in [0.717, 1.165) is 24.5 Å². The van der Waals surface area contributed by atoms with Crippen molar-refractivity contribution in [3.8, 4) is 10.6 Å². The second-order valence-electron chi connectivity index (χ2n) is 3.07. The van der Waals surface area contributed by atoms with E-state index in [9.17, 15) is 0 Å². The monoisotopic (exact) mass is 207 g/mol. The van der Waals surface area contributed by atoms with Gasteiger partial charge in [-0.15, -0.1) is 11.3 Å². The predicted molar refractivity (Wildman–Crippen MR) is 60.7 cm³/mol. The van der Waals surface area contributed by atoms with E-state index in [-0.39, 0.29) is 0 Å². The Bertz CT molecular complexity index is 378. The van der Waals surface area contributed by atoms with E-state index in [1.807, 2.05) is 12.1 Å². The van der Waals surface area contributed by atoms with Crippen molar-refractivity contribution in [1.82, 2.24) is 10.2 Å². The molecule has 2 N–H and O–H groups in total. The topological polar surface area (TPSA) is 40.7 Å². The standard InChI is InChI=1S/C10H13N3S/c1-2-5-11-10-7-8(12-13-10)9-4-3-6-14-9/h3-4,6-7H,2,5H2,1H3,(H2,11,12,13). The van der Waals surface area contributed by atoms with Crippen molar-refractivity contribution in [3.05, 3.63) is 23.6 Å². The van der Waals surface area contributed by atoms with Crippen molar-refractivity contribution in [1.29, 1.82) is 0 Å². The summed E-state index contributed by atoms with van der Waals surface area (Å²) in [5.41, 5.74) is 1.08. The van der Waals surface area contributed by atoms with E-state index in [2.05, 4.69) is 33.9 Å². The molecule has 2 heterocycles. The molecule has 4 heteroatoms. The molecule has 0 aromatic carbocycles. The third kappa shape index (κ3) is 1.96. The lowest BCUT2D eigenvalue weighted by Gasteiger charge is -1.96. The molecular formula is C10H13N3S. The maximum absolute atomic E-state index is 4.18. The molecule has 0 aliphatic heterocycles. The molecule has 3 nitrogen and oxygen atoms in total. The number of rotatable bonds is 4. The summed E-state index contributed by atoms with van der Waals surface area (Å²) in [6.07, 6.45) is 1.11. The van der Waals surface area contributed by atoms with Crippen LogP contribution in [0, 0.1) is 0 Å². The average Bonchev–Trinajstić information content (AvgIpc) is 2.85. The van der Waals surface area contributed by atoms with Crippen molar-refractivity contribution >= 4 is 17.2 Å². The van der Waals surface area contributed by atoms with Gasteiger partial charge in [-0.05, 0) is 17.9 Å². The number of nitrogens with one attached hydrogen (secondary N) is 2. The Hall–Kier alpha value is -1.29. The first kappa shape index (κ1) is 9.27. The van der Waals surface area contributed by atoms with Crippen molar-refractivity contribution in [3.63, 3.8) is 0 Å². The van der Waals surface area contributed by atoms with Crippen LogP contribution in [0.2, 0.25) is 0 Å². The van der Waals surface area contributed by atoms with Gasteiger partial charge in [-0.2, -0.15) is 5.10 Å². The van der Waals surface area contributed by atoms with Gasteiger partial charge in [0.05, 0.1) is 10.6 Å². The third-order valence-electron chi connectivity index (χ3n) is 1.92. The Morgan fingerprint density at radius 2 is 2.50 bits per heavy atom. The van der Waals surface area contributed by atoms with Gasteiger partial charge < -0.3 is 5.32 Å². The van der Waals surface area contributed by atoms with E-state index in [1.165, 1.54) is 4.88 Å². The predicted octanol–water partition coefficient (Wildman–Crippen LogP) is 2.96. The van der Waals surface area contributed by atoms with E-state index in [0.29, 0.717) is 0 Å². The van der Waals surface area contributed by atoms with E-state index < -0.39 is 0 Å². The van der Waals surface area contributed by atoms with Crippen LogP contribution in [0.15, 0.2) is 23.6 Å². The molecular weight excluding hydrogens is 194 g/mol. The normalized spacial score (nSPS) is 10.4. The van der Waals surface area contributed by atoms with E-state index in [1.54, 1.807) is 11.3 Å². The lowest BCUT2D eigenvalue weighted by atomic mass is 10.3. The maximum Gasteiger partial charge on any atom is 0.148 e. The van der Waals surface area contributed by atoms with Gasteiger partial charge in [0.25, 0.3) is 0 Å². The second kappa shape index (κ2) is 4.28. The minimum Gasteiger partial charge on any atom is -0.369 e. The van der Waals surface area contributed by atoms with E-state index >= 15 is 0 Å². The minimum atomic E-state index is 0.926. The molecule has 74 valence electrons. The molecule has 2 rings (SSSR count). The first-order valence-corrected chi connectivity index (χ1v) is 5.61. The zero-order valence-corrected chi connectivity index (χ0v) is 8.90. The minimum absolute atomic E-state index is 0.926. The maximum atomic E-state index is 4.18. The Morgan fingerprint density at radius 1 is 1.57 bits per heavy atom. The van der Waals surface area contributed by atoms with Gasteiger partial charge in [0.15, 0.2) is 0 Å². The van der Waals surface area contributed by atoms with Gasteiger partial charge in [-0.25, -0.2) is 0 Å². The number of thiophene rings is 1. The Morgan fingerprint density at radius 3 is 3.21 bits per heavy atom. The largest absolute Gasteiger partial charge is 0.369 e. The fraction of sp³-hybridized carbons (Fsp3) is 0.300. The lowest BCUT2D eigenvalue weighted by molar-refractivity contribution is 0.961. The third-order valence-corrected chi connectivity index (χ3v) is 2.82. The first-order valence-electron chi connectivity index (χ1n) is 4.73. The highest BCUT2D eigenvalue weighted by atomic mass is 32.1. The molecule has 0 saturated carbocycles. The average molecular weight is 207 g/mol. The summed E-state index contributed by atoms with van der Waals surface area (Å²) in [5.74, 6) is 0.926. The van der Waals surface area contributed by atoms with Gasteiger partial charge >= 0.3 is 0 Å². The van der Waals surface area contributed by atoms with Crippen LogP contribution >= 0.6 is 11.3 Å². The molecule has 14 heavy (non-hydrogen) atoms. The molecule has 0 unspecified atom stereocenters. The smallest absolute Gasteiger partial charge is 0.148 e. The van der Waals surface area contributed by atoms with Gasteiger partial charge in [0, 0.05) is 12.6 Å². The van der Waals surface area contributed by atoms with Crippen LogP contribution < -0.4 is 5.32 Å². The summed E-state index contributed by atoms with van der Waals surface area (Å²) in [7, 11) is 0. The van der Waals surface area contributed by atoms with Crippen LogP contribution in [-0.2, 0) is 0 Å². The number of nitrogens with zero attached hydrogens (tertiary/aromatic N) is 1. The Balaban J connectivity index is 2.10. The number of hydrogen-bond donors (Lipinski definition) is 2. The lowest BCUT2D eigenvalue weighted by Crippen LogP contribution is -1.99. The fourth-order valence-corrected chi connectivity index (χ4v) is 1.92. The molecule has 0 fully saturated rings. The van der Waals surface area contributed by atoms with Crippen LogP contribution in [0.4, 0.5) is 5.82 Å². The van der Waals surface area contributed by atoms with Gasteiger partial charge in [0.2, 0.25) is 0 Å². The zero-order valence-electron chi connectivity index (χ0n) is 8.08. The number of aromatic amines is 1. The number of H-pyrrole nitrogens is 1.